The molecule has 3 heterocycles. The van der Waals surface area contributed by atoms with E-state index in [1.54, 1.807) is 8.61 Å². The topological polar surface area (TPSA) is 62.7 Å². The number of morpholine rings is 1. The van der Waals surface area contributed by atoms with Gasteiger partial charge in [0.25, 0.3) is 10.2 Å². The van der Waals surface area contributed by atoms with E-state index in [0.29, 0.717) is 32.8 Å². The predicted molar refractivity (Wildman–Crippen MR) is 104 cm³/mol. The minimum absolute atomic E-state index is 0.208. The van der Waals surface area contributed by atoms with Gasteiger partial charge < -0.3 is 4.74 Å². The van der Waals surface area contributed by atoms with Crippen LogP contribution < -0.4 is 0 Å². The third-order valence-electron chi connectivity index (χ3n) is 5.22. The Morgan fingerprint density at radius 3 is 2.52 bits per heavy atom. The molecule has 27 heavy (non-hydrogen) atoms. The maximum atomic E-state index is 13.2. The summed E-state index contributed by atoms with van der Waals surface area (Å²) < 4.78 is 34.9. The first-order chi connectivity index (χ1) is 13.1. The zero-order chi connectivity index (χ0) is 18.9. The lowest BCUT2D eigenvalue weighted by Crippen LogP contribution is -2.48. The molecular formula is C20H25N3O3S. The molecule has 0 spiro atoms. The van der Waals surface area contributed by atoms with E-state index >= 15 is 0 Å². The van der Waals surface area contributed by atoms with Gasteiger partial charge >= 0.3 is 0 Å². The van der Waals surface area contributed by atoms with Gasteiger partial charge in [-0.15, -0.1) is 0 Å². The quantitative estimate of drug-likeness (QED) is 0.809. The highest BCUT2D eigenvalue weighted by Crippen LogP contribution is 2.36. The van der Waals surface area contributed by atoms with Gasteiger partial charge in [0.15, 0.2) is 0 Å². The number of aromatic nitrogens is 1. The maximum absolute atomic E-state index is 13.2. The molecule has 4 rings (SSSR count). The molecule has 2 saturated heterocycles. The van der Waals surface area contributed by atoms with Crippen molar-refractivity contribution < 1.29 is 13.2 Å². The minimum atomic E-state index is -3.50. The molecule has 1 aromatic heterocycles. The molecule has 0 unspecified atom stereocenters. The summed E-state index contributed by atoms with van der Waals surface area (Å²) in [7, 11) is -3.50. The van der Waals surface area contributed by atoms with E-state index in [4.69, 9.17) is 9.72 Å². The van der Waals surface area contributed by atoms with Crippen molar-refractivity contribution in [1.82, 2.24) is 13.6 Å². The van der Waals surface area contributed by atoms with Gasteiger partial charge in [0, 0.05) is 25.3 Å². The van der Waals surface area contributed by atoms with Gasteiger partial charge in [-0.05, 0) is 43.0 Å². The van der Waals surface area contributed by atoms with Crippen molar-refractivity contribution >= 4 is 10.2 Å². The van der Waals surface area contributed by atoms with Crippen LogP contribution in [0.4, 0.5) is 0 Å². The Balaban J connectivity index is 1.67. The summed E-state index contributed by atoms with van der Waals surface area (Å²) in [6.45, 7) is 4.26. The van der Waals surface area contributed by atoms with E-state index < -0.39 is 10.2 Å². The molecule has 2 aromatic rings. The first-order valence-corrected chi connectivity index (χ1v) is 10.8. The van der Waals surface area contributed by atoms with E-state index in [-0.39, 0.29) is 6.04 Å². The van der Waals surface area contributed by atoms with Gasteiger partial charge in [0.2, 0.25) is 0 Å². The Morgan fingerprint density at radius 2 is 1.78 bits per heavy atom. The third-order valence-corrected chi connectivity index (χ3v) is 7.27. The van der Waals surface area contributed by atoms with Crippen LogP contribution in [0.5, 0.6) is 0 Å². The minimum Gasteiger partial charge on any atom is -0.379 e. The summed E-state index contributed by atoms with van der Waals surface area (Å²) in [4.78, 5) is 4.70. The summed E-state index contributed by atoms with van der Waals surface area (Å²) in [6, 6.07) is 14.0. The summed E-state index contributed by atoms with van der Waals surface area (Å²) in [6.07, 6.45) is 1.65. The van der Waals surface area contributed by atoms with E-state index in [0.717, 1.165) is 35.4 Å². The van der Waals surface area contributed by atoms with Crippen molar-refractivity contribution in [3.8, 4) is 11.1 Å². The van der Waals surface area contributed by atoms with Crippen molar-refractivity contribution in [2.45, 2.75) is 25.8 Å². The number of hydrogen-bond acceptors (Lipinski definition) is 4. The van der Waals surface area contributed by atoms with E-state index in [9.17, 15) is 8.42 Å². The molecule has 0 amide bonds. The molecule has 1 aromatic carbocycles. The molecule has 7 heteroatoms. The number of aryl methyl sites for hydroxylation is 1. The molecule has 2 fully saturated rings. The normalized spacial score (nSPS) is 22.2. The zero-order valence-corrected chi connectivity index (χ0v) is 16.4. The molecule has 0 saturated carbocycles. The van der Waals surface area contributed by atoms with Crippen molar-refractivity contribution in [2.75, 3.05) is 32.8 Å². The number of ether oxygens (including phenoxy) is 1. The molecule has 144 valence electrons. The van der Waals surface area contributed by atoms with Crippen molar-refractivity contribution in [3.63, 3.8) is 0 Å². The van der Waals surface area contributed by atoms with Crippen LogP contribution in [0.2, 0.25) is 0 Å². The first kappa shape index (κ1) is 18.6. The van der Waals surface area contributed by atoms with Crippen LogP contribution in [0.15, 0.2) is 42.5 Å². The smallest absolute Gasteiger partial charge is 0.282 e. The van der Waals surface area contributed by atoms with Gasteiger partial charge in [0.05, 0.1) is 24.9 Å². The Morgan fingerprint density at radius 1 is 1.04 bits per heavy atom. The number of hydrogen-bond donors (Lipinski definition) is 0. The van der Waals surface area contributed by atoms with Crippen molar-refractivity contribution in [3.05, 3.63) is 53.9 Å². The largest absolute Gasteiger partial charge is 0.379 e. The van der Waals surface area contributed by atoms with Gasteiger partial charge in [-0.2, -0.15) is 17.0 Å². The fourth-order valence-electron chi connectivity index (χ4n) is 3.90. The summed E-state index contributed by atoms with van der Waals surface area (Å²) >= 11 is 0. The Labute approximate surface area is 161 Å². The van der Waals surface area contributed by atoms with E-state index in [1.165, 1.54) is 0 Å². The van der Waals surface area contributed by atoms with Gasteiger partial charge in [0.1, 0.15) is 0 Å². The van der Waals surface area contributed by atoms with Crippen LogP contribution in [-0.2, 0) is 14.9 Å². The number of rotatable bonds is 4. The summed E-state index contributed by atoms with van der Waals surface area (Å²) in [5, 5.41) is 0. The van der Waals surface area contributed by atoms with E-state index in [2.05, 4.69) is 18.2 Å². The molecule has 2 aliphatic rings. The van der Waals surface area contributed by atoms with Crippen LogP contribution in [0, 0.1) is 6.92 Å². The van der Waals surface area contributed by atoms with Crippen molar-refractivity contribution in [2.24, 2.45) is 0 Å². The van der Waals surface area contributed by atoms with Crippen LogP contribution in [0.3, 0.4) is 0 Å². The SMILES string of the molecule is Cc1cc(-c2ccccc2)cc([C@@H]2CCCN2S(=O)(=O)N2CCOCC2)n1. The Kier molecular flexibility index (Phi) is 5.27. The highest BCUT2D eigenvalue weighted by molar-refractivity contribution is 7.86. The number of nitrogens with zero attached hydrogens (tertiary/aromatic N) is 3. The molecule has 0 aliphatic carbocycles. The standard InChI is InChI=1S/C20H25N3O3S/c1-16-14-18(17-6-3-2-4-7-17)15-19(21-16)20-8-5-9-23(20)27(24,25)22-10-12-26-13-11-22/h2-4,6-7,14-15,20H,5,8-13H2,1H3/t20-/m0/s1. The average molecular weight is 388 g/mol. The maximum Gasteiger partial charge on any atom is 0.282 e. The zero-order valence-electron chi connectivity index (χ0n) is 15.5. The van der Waals surface area contributed by atoms with Gasteiger partial charge in [-0.3, -0.25) is 4.98 Å². The molecule has 2 aliphatic heterocycles. The third kappa shape index (κ3) is 3.78. The van der Waals surface area contributed by atoms with Crippen LogP contribution in [-0.4, -0.2) is 54.9 Å². The number of pyridine rings is 1. The predicted octanol–water partition coefficient (Wildman–Crippen LogP) is 2.77. The molecular weight excluding hydrogens is 362 g/mol. The molecule has 6 nitrogen and oxygen atoms in total. The van der Waals surface area contributed by atoms with Gasteiger partial charge in [-0.25, -0.2) is 0 Å². The van der Waals surface area contributed by atoms with Crippen LogP contribution in [0.25, 0.3) is 11.1 Å². The van der Waals surface area contributed by atoms with E-state index in [1.807, 2.05) is 31.2 Å². The monoisotopic (exact) mass is 387 g/mol. The Hall–Kier alpha value is -1.80. The fourth-order valence-corrected chi connectivity index (χ4v) is 5.70. The summed E-state index contributed by atoms with van der Waals surface area (Å²) in [5.74, 6) is 0. The fraction of sp³-hybridized carbons (Fsp3) is 0.450. The lowest BCUT2D eigenvalue weighted by Gasteiger charge is -2.33. The first-order valence-electron chi connectivity index (χ1n) is 9.44. The second-order valence-corrected chi connectivity index (χ2v) is 8.96. The molecule has 1 atom stereocenters. The lowest BCUT2D eigenvalue weighted by molar-refractivity contribution is 0.0698. The highest BCUT2D eigenvalue weighted by Gasteiger charge is 2.40. The number of benzene rings is 1. The highest BCUT2D eigenvalue weighted by atomic mass is 32.2. The molecule has 0 radical (unpaired) electrons. The second-order valence-electron chi connectivity index (χ2n) is 7.08. The van der Waals surface area contributed by atoms with Crippen LogP contribution in [0.1, 0.15) is 30.3 Å². The van der Waals surface area contributed by atoms with Gasteiger partial charge in [-0.1, -0.05) is 30.3 Å². The Bertz CT molecular complexity index is 896. The van der Waals surface area contributed by atoms with Crippen LogP contribution >= 0.6 is 0 Å². The molecule has 0 N–H and O–H groups in total. The van der Waals surface area contributed by atoms with Crippen molar-refractivity contribution in [1.29, 1.82) is 0 Å². The summed E-state index contributed by atoms with van der Waals surface area (Å²) in [5.41, 5.74) is 3.93. The lowest BCUT2D eigenvalue weighted by atomic mass is 10.0. The average Bonchev–Trinajstić information content (AvgIpc) is 3.20. The molecule has 0 bridgehead atoms. The second kappa shape index (κ2) is 7.67.